The lowest BCUT2D eigenvalue weighted by Gasteiger charge is -2.25. The molecule has 0 bridgehead atoms. The van der Waals surface area contributed by atoms with Crippen molar-refractivity contribution in [2.75, 3.05) is 23.5 Å². The van der Waals surface area contributed by atoms with Gasteiger partial charge in [-0.3, -0.25) is 14.9 Å². The quantitative estimate of drug-likeness (QED) is 0.111. The van der Waals surface area contributed by atoms with Crippen LogP contribution in [0.2, 0.25) is 0 Å². The van der Waals surface area contributed by atoms with Gasteiger partial charge in [0.2, 0.25) is 5.91 Å². The molecule has 0 heterocycles. The number of Topliss-reactive ketones (excluding diaryl/α,β-unsaturated/α-hetero) is 1. The summed E-state index contributed by atoms with van der Waals surface area (Å²) in [6.45, 7) is 1.45. The first kappa shape index (κ1) is 27.7. The Labute approximate surface area is 227 Å². The number of anilines is 3. The van der Waals surface area contributed by atoms with E-state index in [1.165, 1.54) is 32.3 Å². The van der Waals surface area contributed by atoms with Crippen molar-refractivity contribution in [1.29, 1.82) is 0 Å². The number of ether oxygens (including phenoxy) is 2. The van der Waals surface area contributed by atoms with E-state index in [1.54, 1.807) is 60.7 Å². The number of phenols is 1. The van der Waals surface area contributed by atoms with Gasteiger partial charge < -0.3 is 25.6 Å². The lowest BCUT2D eigenvalue weighted by atomic mass is 10.0. The van der Waals surface area contributed by atoms with Gasteiger partial charge >= 0.3 is 6.09 Å². The van der Waals surface area contributed by atoms with Crippen LogP contribution in [0, 0.1) is 3.57 Å². The van der Waals surface area contributed by atoms with E-state index in [-0.39, 0.29) is 17.1 Å². The molecular formula is C27H26IN3O6. The topological polar surface area (TPSA) is 140 Å². The smallest absolute Gasteiger partial charge is 0.412 e. The number of ketones is 1. The number of amides is 2. The molecule has 0 aliphatic heterocycles. The van der Waals surface area contributed by atoms with Crippen molar-refractivity contribution >= 4 is 57.4 Å². The summed E-state index contributed by atoms with van der Waals surface area (Å²) in [5, 5.41) is 15.8. The fourth-order valence-corrected chi connectivity index (χ4v) is 3.90. The molecule has 0 saturated heterocycles. The number of hydrogen-bond acceptors (Lipinski definition) is 7. The Kier molecular flexibility index (Phi) is 9.64. The summed E-state index contributed by atoms with van der Waals surface area (Å²) in [5.74, 6) is -0.682. The van der Waals surface area contributed by atoms with Crippen LogP contribution in [-0.4, -0.2) is 36.1 Å². The number of carbonyl (C=O) groups is 3. The van der Waals surface area contributed by atoms with Gasteiger partial charge in [0.15, 0.2) is 11.9 Å². The van der Waals surface area contributed by atoms with Crippen LogP contribution in [0.3, 0.4) is 0 Å². The highest BCUT2D eigenvalue weighted by Crippen LogP contribution is 2.33. The van der Waals surface area contributed by atoms with E-state index in [0.29, 0.717) is 22.6 Å². The second-order valence-electron chi connectivity index (χ2n) is 7.92. The third-order valence-electron chi connectivity index (χ3n) is 5.29. The number of para-hydroxylation sites is 2. The van der Waals surface area contributed by atoms with Crippen molar-refractivity contribution in [1.82, 2.24) is 0 Å². The van der Waals surface area contributed by atoms with Gasteiger partial charge in [0.25, 0.3) is 0 Å². The molecule has 3 aromatic carbocycles. The molecule has 9 nitrogen and oxygen atoms in total. The van der Waals surface area contributed by atoms with E-state index in [2.05, 4.69) is 33.2 Å². The summed E-state index contributed by atoms with van der Waals surface area (Å²) in [6.07, 6.45) is -0.208. The standard InChI is InChI=1S/C27H26IN3O6/c1-16(32)17-7-10-19(11-8-17)30-27(35)37-26(20-15-18(28)9-12-23(20)33)24(36-2)13-14-25(34)31-22-6-4-3-5-21(22)29/h3-15,24,26,33H,29H2,1-2H3,(H,30,35)(H,31,34)/b14-13+/t24-,26-/m0/s1. The molecule has 3 aromatic rings. The van der Waals surface area contributed by atoms with Crippen molar-refractivity contribution in [3.8, 4) is 5.75 Å². The molecule has 192 valence electrons. The van der Waals surface area contributed by atoms with Crippen LogP contribution in [0.4, 0.5) is 21.9 Å². The van der Waals surface area contributed by atoms with Crippen molar-refractivity contribution in [3.05, 3.63) is 93.6 Å². The minimum Gasteiger partial charge on any atom is -0.508 e. The Morgan fingerprint density at radius 2 is 1.73 bits per heavy atom. The van der Waals surface area contributed by atoms with Gasteiger partial charge in [-0.2, -0.15) is 0 Å². The zero-order chi connectivity index (χ0) is 26.9. The number of nitrogens with two attached hydrogens (primary N) is 1. The van der Waals surface area contributed by atoms with Gasteiger partial charge in [-0.15, -0.1) is 0 Å². The third kappa shape index (κ3) is 7.79. The van der Waals surface area contributed by atoms with Gasteiger partial charge in [0.05, 0.1) is 11.4 Å². The fraction of sp³-hybridized carbons (Fsp3) is 0.148. The Morgan fingerprint density at radius 3 is 2.38 bits per heavy atom. The monoisotopic (exact) mass is 615 g/mol. The lowest BCUT2D eigenvalue weighted by molar-refractivity contribution is -0.112. The first-order valence-electron chi connectivity index (χ1n) is 11.1. The van der Waals surface area contributed by atoms with Gasteiger partial charge in [0, 0.05) is 33.6 Å². The average molecular weight is 615 g/mol. The molecule has 2 atom stereocenters. The van der Waals surface area contributed by atoms with Gasteiger partial charge in [-0.05, 0) is 90.2 Å². The van der Waals surface area contributed by atoms with E-state index in [1.807, 2.05) is 0 Å². The Balaban J connectivity index is 1.82. The molecule has 3 rings (SSSR count). The van der Waals surface area contributed by atoms with Crippen LogP contribution in [0.1, 0.15) is 28.9 Å². The normalized spacial score (nSPS) is 12.5. The van der Waals surface area contributed by atoms with Crippen molar-refractivity contribution in [2.24, 2.45) is 0 Å². The van der Waals surface area contributed by atoms with Crippen molar-refractivity contribution in [3.63, 3.8) is 0 Å². The molecule has 0 saturated carbocycles. The molecule has 0 radical (unpaired) electrons. The van der Waals surface area contributed by atoms with Crippen LogP contribution < -0.4 is 16.4 Å². The van der Waals surface area contributed by atoms with Crippen molar-refractivity contribution in [2.45, 2.75) is 19.1 Å². The number of phenolic OH excluding ortho intramolecular Hbond substituents is 1. The zero-order valence-corrected chi connectivity index (χ0v) is 22.3. The second kappa shape index (κ2) is 12.9. The van der Waals surface area contributed by atoms with Crippen LogP contribution >= 0.6 is 22.6 Å². The highest BCUT2D eigenvalue weighted by Gasteiger charge is 2.28. The molecule has 0 fully saturated rings. The maximum absolute atomic E-state index is 12.8. The van der Waals surface area contributed by atoms with Crippen LogP contribution in [0.25, 0.3) is 0 Å². The number of carbonyl (C=O) groups excluding carboxylic acids is 3. The second-order valence-corrected chi connectivity index (χ2v) is 9.17. The highest BCUT2D eigenvalue weighted by molar-refractivity contribution is 14.1. The molecule has 10 heteroatoms. The summed E-state index contributed by atoms with van der Waals surface area (Å²) in [6, 6.07) is 18.0. The molecular weight excluding hydrogens is 589 g/mol. The number of nitrogen functional groups attached to an aromatic ring is 1. The number of aromatic hydroxyl groups is 1. The number of benzene rings is 3. The summed E-state index contributed by atoms with van der Waals surface area (Å²) in [5.41, 5.74) is 7.93. The maximum atomic E-state index is 12.8. The Morgan fingerprint density at radius 1 is 1.03 bits per heavy atom. The first-order chi connectivity index (χ1) is 17.7. The number of halogens is 1. The van der Waals surface area contributed by atoms with E-state index in [0.717, 1.165) is 3.57 Å². The number of methoxy groups -OCH3 is 1. The summed E-state index contributed by atoms with van der Waals surface area (Å²) in [4.78, 5) is 36.8. The van der Waals surface area contributed by atoms with Crippen LogP contribution in [0.5, 0.6) is 5.75 Å². The van der Waals surface area contributed by atoms with Gasteiger partial charge in [0.1, 0.15) is 11.9 Å². The van der Waals surface area contributed by atoms with Crippen LogP contribution in [0.15, 0.2) is 78.9 Å². The molecule has 0 spiro atoms. The summed E-state index contributed by atoms with van der Waals surface area (Å²) >= 11 is 2.07. The minimum absolute atomic E-state index is 0.0999. The number of rotatable bonds is 9. The average Bonchev–Trinajstić information content (AvgIpc) is 2.87. The SMILES string of the molecule is CO[C@@H](/C=C/C(=O)Nc1ccccc1N)[C@@H](OC(=O)Nc1ccc(C(C)=O)cc1)c1cc(I)ccc1O. The Hall–Kier alpha value is -3.90. The number of hydrogen-bond donors (Lipinski definition) is 4. The van der Waals surface area contributed by atoms with Gasteiger partial charge in [-0.25, -0.2) is 4.79 Å². The van der Waals surface area contributed by atoms with E-state index in [9.17, 15) is 19.5 Å². The highest BCUT2D eigenvalue weighted by atomic mass is 127. The molecule has 0 aliphatic rings. The molecule has 0 aliphatic carbocycles. The predicted molar refractivity (Wildman–Crippen MR) is 150 cm³/mol. The third-order valence-corrected chi connectivity index (χ3v) is 5.97. The lowest BCUT2D eigenvalue weighted by Crippen LogP contribution is -2.27. The number of nitrogens with one attached hydrogen (secondary N) is 2. The van der Waals surface area contributed by atoms with E-state index >= 15 is 0 Å². The van der Waals surface area contributed by atoms with Gasteiger partial charge in [-0.1, -0.05) is 12.1 Å². The zero-order valence-electron chi connectivity index (χ0n) is 20.1. The van der Waals surface area contributed by atoms with Crippen LogP contribution in [-0.2, 0) is 14.3 Å². The Bertz CT molecular complexity index is 1310. The van der Waals surface area contributed by atoms with Crippen molar-refractivity contribution < 1.29 is 29.0 Å². The molecule has 37 heavy (non-hydrogen) atoms. The molecule has 0 unspecified atom stereocenters. The summed E-state index contributed by atoms with van der Waals surface area (Å²) in [7, 11) is 1.39. The van der Waals surface area contributed by atoms with E-state index < -0.39 is 24.2 Å². The molecule has 0 aromatic heterocycles. The minimum atomic E-state index is -1.11. The van der Waals surface area contributed by atoms with E-state index in [4.69, 9.17) is 15.2 Å². The molecule has 5 N–H and O–H groups in total. The fourth-order valence-electron chi connectivity index (χ4n) is 3.38. The first-order valence-corrected chi connectivity index (χ1v) is 12.2. The summed E-state index contributed by atoms with van der Waals surface area (Å²) < 4.78 is 12.0. The predicted octanol–water partition coefficient (Wildman–Crippen LogP) is 5.28. The maximum Gasteiger partial charge on any atom is 0.412 e. The molecule has 2 amide bonds. The largest absolute Gasteiger partial charge is 0.508 e.